The zero-order chi connectivity index (χ0) is 20.9. The van der Waals surface area contributed by atoms with Gasteiger partial charge in [0.15, 0.2) is 0 Å². The standard InChI is InChI=1S/C25H16Cl2N2S/c26-19-12-10-18(11-13-19)24-14-21(20-8-4-5-9-23(20)27)22(15-28)25(29-24)30-16-17-6-2-1-3-7-17/h1-14H,16H2. The highest BCUT2D eigenvalue weighted by molar-refractivity contribution is 7.98. The van der Waals surface area contributed by atoms with E-state index in [2.05, 4.69) is 18.2 Å². The van der Waals surface area contributed by atoms with Crippen molar-refractivity contribution in [3.05, 3.63) is 106 Å². The van der Waals surface area contributed by atoms with Gasteiger partial charge in [-0.25, -0.2) is 4.98 Å². The lowest BCUT2D eigenvalue weighted by molar-refractivity contribution is 1.12. The Morgan fingerprint density at radius 3 is 2.23 bits per heavy atom. The molecule has 0 aliphatic heterocycles. The van der Waals surface area contributed by atoms with Crippen molar-refractivity contribution in [2.24, 2.45) is 0 Å². The lowest BCUT2D eigenvalue weighted by atomic mass is 9.99. The van der Waals surface area contributed by atoms with Crippen LogP contribution in [-0.4, -0.2) is 4.98 Å². The highest BCUT2D eigenvalue weighted by Crippen LogP contribution is 2.38. The first-order valence-corrected chi connectivity index (χ1v) is 11.0. The van der Waals surface area contributed by atoms with Gasteiger partial charge in [0.1, 0.15) is 11.1 Å². The average Bonchev–Trinajstić information content (AvgIpc) is 2.78. The predicted octanol–water partition coefficient (Wildman–Crippen LogP) is 7.89. The Kier molecular flexibility index (Phi) is 6.40. The van der Waals surface area contributed by atoms with Crippen LogP contribution in [0, 0.1) is 11.3 Å². The molecule has 0 N–H and O–H groups in total. The van der Waals surface area contributed by atoms with Gasteiger partial charge in [-0.05, 0) is 29.8 Å². The van der Waals surface area contributed by atoms with Gasteiger partial charge >= 0.3 is 0 Å². The number of pyridine rings is 1. The molecule has 1 heterocycles. The third kappa shape index (κ3) is 4.52. The molecule has 4 rings (SSSR count). The number of hydrogen-bond donors (Lipinski definition) is 0. The molecule has 3 aromatic carbocycles. The molecule has 0 bridgehead atoms. The molecular formula is C25H16Cl2N2S. The minimum atomic E-state index is 0.529. The summed E-state index contributed by atoms with van der Waals surface area (Å²) in [7, 11) is 0. The van der Waals surface area contributed by atoms with Crippen molar-refractivity contribution in [1.82, 2.24) is 4.98 Å². The van der Waals surface area contributed by atoms with Gasteiger partial charge in [0.2, 0.25) is 0 Å². The van der Waals surface area contributed by atoms with Crippen LogP contribution in [0.15, 0.2) is 90.0 Å². The van der Waals surface area contributed by atoms with Gasteiger partial charge < -0.3 is 0 Å². The molecule has 2 nitrogen and oxygen atoms in total. The summed E-state index contributed by atoms with van der Waals surface area (Å²) >= 11 is 14.1. The minimum absolute atomic E-state index is 0.529. The van der Waals surface area contributed by atoms with Crippen LogP contribution in [0.2, 0.25) is 10.0 Å². The third-order valence-corrected chi connectivity index (χ3v) is 6.25. The van der Waals surface area contributed by atoms with Crippen LogP contribution in [0.3, 0.4) is 0 Å². The Balaban J connectivity index is 1.85. The van der Waals surface area contributed by atoms with E-state index < -0.39 is 0 Å². The molecule has 0 saturated carbocycles. The third-order valence-electron chi connectivity index (χ3n) is 4.62. The monoisotopic (exact) mass is 446 g/mol. The molecule has 1 aromatic heterocycles. The van der Waals surface area contributed by atoms with E-state index in [1.165, 1.54) is 5.56 Å². The molecule has 146 valence electrons. The minimum Gasteiger partial charge on any atom is -0.240 e. The summed E-state index contributed by atoms with van der Waals surface area (Å²) in [5.74, 6) is 0.717. The van der Waals surface area contributed by atoms with Crippen molar-refractivity contribution in [2.45, 2.75) is 10.8 Å². The lowest BCUT2D eigenvalue weighted by Gasteiger charge is -2.13. The SMILES string of the molecule is N#Cc1c(-c2ccccc2Cl)cc(-c2ccc(Cl)cc2)nc1SCc1ccccc1. The van der Waals surface area contributed by atoms with Crippen LogP contribution in [-0.2, 0) is 5.75 Å². The van der Waals surface area contributed by atoms with E-state index in [0.29, 0.717) is 26.4 Å². The normalized spacial score (nSPS) is 10.6. The summed E-state index contributed by atoms with van der Waals surface area (Å²) in [6.45, 7) is 0. The maximum absolute atomic E-state index is 9.98. The van der Waals surface area contributed by atoms with E-state index >= 15 is 0 Å². The molecule has 0 unspecified atom stereocenters. The van der Waals surface area contributed by atoms with Crippen LogP contribution in [0.5, 0.6) is 0 Å². The molecule has 0 spiro atoms. The van der Waals surface area contributed by atoms with Crippen LogP contribution >= 0.6 is 35.0 Å². The van der Waals surface area contributed by atoms with Gasteiger partial charge in [0.25, 0.3) is 0 Å². The van der Waals surface area contributed by atoms with E-state index in [1.54, 1.807) is 11.8 Å². The Hall–Kier alpha value is -2.77. The summed E-state index contributed by atoms with van der Waals surface area (Å²) in [6.07, 6.45) is 0. The molecule has 0 atom stereocenters. The summed E-state index contributed by atoms with van der Waals surface area (Å²) in [5, 5.41) is 11.9. The molecule has 0 amide bonds. The Morgan fingerprint density at radius 1 is 0.833 bits per heavy atom. The first-order chi connectivity index (χ1) is 14.7. The highest BCUT2D eigenvalue weighted by Gasteiger charge is 2.17. The maximum atomic E-state index is 9.98. The molecule has 0 aliphatic carbocycles. The molecule has 4 aromatic rings. The summed E-state index contributed by atoms with van der Waals surface area (Å²) in [4.78, 5) is 4.83. The van der Waals surface area contributed by atoms with E-state index in [1.807, 2.05) is 72.8 Å². The fraction of sp³-hybridized carbons (Fsp3) is 0.0400. The zero-order valence-corrected chi connectivity index (χ0v) is 18.2. The van der Waals surface area contributed by atoms with E-state index in [0.717, 1.165) is 22.4 Å². The first-order valence-electron chi connectivity index (χ1n) is 9.28. The number of benzene rings is 3. The van der Waals surface area contributed by atoms with Gasteiger partial charge in [-0.1, -0.05) is 83.9 Å². The molecule has 30 heavy (non-hydrogen) atoms. The summed E-state index contributed by atoms with van der Waals surface area (Å²) in [6, 6.07) is 29.5. The summed E-state index contributed by atoms with van der Waals surface area (Å²) in [5.41, 5.74) is 4.99. The number of halogens is 2. The van der Waals surface area contributed by atoms with Crippen molar-refractivity contribution in [2.75, 3.05) is 0 Å². The second-order valence-electron chi connectivity index (χ2n) is 6.61. The Bertz CT molecular complexity index is 1220. The van der Waals surface area contributed by atoms with Crippen molar-refractivity contribution in [3.63, 3.8) is 0 Å². The molecule has 0 aliphatic rings. The maximum Gasteiger partial charge on any atom is 0.115 e. The number of hydrogen-bond acceptors (Lipinski definition) is 3. The van der Waals surface area contributed by atoms with E-state index in [4.69, 9.17) is 28.2 Å². The van der Waals surface area contributed by atoms with Gasteiger partial charge in [0, 0.05) is 32.5 Å². The molecular weight excluding hydrogens is 431 g/mol. The topological polar surface area (TPSA) is 36.7 Å². The zero-order valence-electron chi connectivity index (χ0n) is 15.8. The smallest absolute Gasteiger partial charge is 0.115 e. The molecule has 0 saturated heterocycles. The quantitative estimate of drug-likeness (QED) is 0.292. The number of nitrogens with zero attached hydrogens (tertiary/aromatic N) is 2. The van der Waals surface area contributed by atoms with Gasteiger partial charge in [-0.3, -0.25) is 0 Å². The van der Waals surface area contributed by atoms with Gasteiger partial charge in [0.05, 0.1) is 11.3 Å². The van der Waals surface area contributed by atoms with Crippen molar-refractivity contribution < 1.29 is 0 Å². The van der Waals surface area contributed by atoms with Crippen LogP contribution < -0.4 is 0 Å². The molecule has 0 radical (unpaired) electrons. The second-order valence-corrected chi connectivity index (χ2v) is 8.42. The van der Waals surface area contributed by atoms with Crippen LogP contribution in [0.4, 0.5) is 0 Å². The number of rotatable bonds is 5. The van der Waals surface area contributed by atoms with Crippen molar-refractivity contribution in [3.8, 4) is 28.5 Å². The average molecular weight is 447 g/mol. The lowest BCUT2D eigenvalue weighted by Crippen LogP contribution is -1.96. The first kappa shape index (κ1) is 20.5. The van der Waals surface area contributed by atoms with E-state index in [-0.39, 0.29) is 0 Å². The fourth-order valence-electron chi connectivity index (χ4n) is 3.12. The highest BCUT2D eigenvalue weighted by atomic mass is 35.5. The van der Waals surface area contributed by atoms with Crippen molar-refractivity contribution >= 4 is 35.0 Å². The second kappa shape index (κ2) is 9.36. The van der Waals surface area contributed by atoms with Gasteiger partial charge in [-0.2, -0.15) is 5.26 Å². The summed E-state index contributed by atoms with van der Waals surface area (Å²) < 4.78 is 0. The van der Waals surface area contributed by atoms with Crippen molar-refractivity contribution in [1.29, 1.82) is 5.26 Å². The number of aromatic nitrogens is 1. The number of nitriles is 1. The number of thioether (sulfide) groups is 1. The van der Waals surface area contributed by atoms with Crippen LogP contribution in [0.25, 0.3) is 22.4 Å². The largest absolute Gasteiger partial charge is 0.240 e. The Morgan fingerprint density at radius 2 is 1.53 bits per heavy atom. The Labute approximate surface area is 190 Å². The van der Waals surface area contributed by atoms with E-state index in [9.17, 15) is 5.26 Å². The van der Waals surface area contributed by atoms with Gasteiger partial charge in [-0.15, -0.1) is 11.8 Å². The molecule has 5 heteroatoms. The predicted molar refractivity (Wildman–Crippen MR) is 126 cm³/mol. The van der Waals surface area contributed by atoms with Crippen LogP contribution in [0.1, 0.15) is 11.1 Å². The molecule has 0 fully saturated rings. The fourth-order valence-corrected chi connectivity index (χ4v) is 4.44.